The third kappa shape index (κ3) is 2.88. The second-order valence-corrected chi connectivity index (χ2v) is 7.49. The number of nitrogens with zero attached hydrogens (tertiary/aromatic N) is 1. The lowest BCUT2D eigenvalue weighted by atomic mass is 10.1. The number of hydrogen-bond acceptors (Lipinski definition) is 4. The first-order chi connectivity index (χ1) is 11.5. The number of carbonyl (C=O) groups is 1. The number of likely N-dealkylation sites (N-methyl/N-ethyl adjacent to an activating group) is 1. The van der Waals surface area contributed by atoms with Crippen LogP contribution in [-0.2, 0) is 10.0 Å². The smallest absolute Gasteiger partial charge is 0.256 e. The van der Waals surface area contributed by atoms with Crippen molar-refractivity contribution in [1.29, 1.82) is 0 Å². The molecule has 0 saturated carbocycles. The predicted molar refractivity (Wildman–Crippen MR) is 91.8 cm³/mol. The topological polar surface area (TPSA) is 92.6 Å². The van der Waals surface area contributed by atoms with E-state index in [9.17, 15) is 13.2 Å². The first-order valence-electron chi connectivity index (χ1n) is 8.04. The zero-order valence-electron chi connectivity index (χ0n) is 13.7. The molecule has 1 amide bonds. The van der Waals surface area contributed by atoms with Crippen LogP contribution in [0.2, 0.25) is 0 Å². The average molecular weight is 349 g/mol. The summed E-state index contributed by atoms with van der Waals surface area (Å²) in [5, 5.41) is 3.29. The second kappa shape index (κ2) is 6.46. The maximum Gasteiger partial charge on any atom is 0.256 e. The molecule has 8 heteroatoms. The van der Waals surface area contributed by atoms with Gasteiger partial charge in [0.15, 0.2) is 0 Å². The van der Waals surface area contributed by atoms with E-state index in [1.165, 1.54) is 17.2 Å². The summed E-state index contributed by atoms with van der Waals surface area (Å²) in [5.41, 5.74) is 1.38. The first kappa shape index (κ1) is 16.8. The molecule has 3 N–H and O–H groups in total. The summed E-state index contributed by atoms with van der Waals surface area (Å²) in [6, 6.07) is 4.71. The van der Waals surface area contributed by atoms with Crippen LogP contribution in [0.25, 0.3) is 10.9 Å². The van der Waals surface area contributed by atoms with Gasteiger partial charge in [-0.15, -0.1) is 0 Å². The van der Waals surface area contributed by atoms with E-state index in [4.69, 9.17) is 0 Å². The minimum Gasteiger partial charge on any atom is -0.334 e. The summed E-state index contributed by atoms with van der Waals surface area (Å²) >= 11 is 0. The lowest BCUT2D eigenvalue weighted by molar-refractivity contribution is -0.895. The first-order valence-corrected chi connectivity index (χ1v) is 9.52. The van der Waals surface area contributed by atoms with E-state index in [0.717, 1.165) is 19.6 Å². The van der Waals surface area contributed by atoms with Crippen LogP contribution < -0.4 is 14.9 Å². The fraction of sp³-hybridized carbons (Fsp3) is 0.375. The minimum absolute atomic E-state index is 0.106. The standard InChI is InChI=1S/C16H20N4O3S/c1-3-20(4-2)10-9-18-24(22,23)13-6-5-12-14-11(16(21)19-12)7-8-17-15(13)14/h5-8,18H,3-4,9-10H2,1-2H3,(H,19,21)/p+1. The molecule has 0 aliphatic carbocycles. The Morgan fingerprint density at radius 3 is 2.67 bits per heavy atom. The molecule has 24 heavy (non-hydrogen) atoms. The zero-order chi connectivity index (χ0) is 17.3. The molecule has 1 aromatic heterocycles. The van der Waals surface area contributed by atoms with Gasteiger partial charge in [0.2, 0.25) is 10.0 Å². The number of aromatic nitrogens is 1. The summed E-state index contributed by atoms with van der Waals surface area (Å²) < 4.78 is 28.0. The maximum atomic E-state index is 12.7. The van der Waals surface area contributed by atoms with Gasteiger partial charge in [0.1, 0.15) is 4.90 Å². The molecule has 2 heterocycles. The molecule has 1 aliphatic rings. The van der Waals surface area contributed by atoms with Gasteiger partial charge in [0, 0.05) is 11.6 Å². The molecule has 0 spiro atoms. The van der Waals surface area contributed by atoms with Gasteiger partial charge in [0.05, 0.1) is 42.9 Å². The normalized spacial score (nSPS) is 13.7. The van der Waals surface area contributed by atoms with Crippen molar-refractivity contribution in [2.24, 2.45) is 0 Å². The lowest BCUT2D eigenvalue weighted by Crippen LogP contribution is -3.12. The number of nitrogens with one attached hydrogen (secondary N) is 3. The van der Waals surface area contributed by atoms with E-state index >= 15 is 0 Å². The summed E-state index contributed by atoms with van der Waals surface area (Å²) in [6.45, 7) is 7.14. The maximum absolute atomic E-state index is 12.7. The molecule has 7 nitrogen and oxygen atoms in total. The van der Waals surface area contributed by atoms with E-state index in [-0.39, 0.29) is 10.8 Å². The van der Waals surface area contributed by atoms with Gasteiger partial charge in [-0.05, 0) is 32.0 Å². The molecular weight excluding hydrogens is 328 g/mol. The van der Waals surface area contributed by atoms with Gasteiger partial charge in [-0.3, -0.25) is 9.78 Å². The minimum atomic E-state index is -3.69. The highest BCUT2D eigenvalue weighted by atomic mass is 32.2. The van der Waals surface area contributed by atoms with Crippen molar-refractivity contribution in [2.75, 3.05) is 31.5 Å². The molecule has 1 aromatic carbocycles. The molecule has 2 aromatic rings. The van der Waals surface area contributed by atoms with Crippen molar-refractivity contribution >= 4 is 32.5 Å². The average Bonchev–Trinajstić information content (AvgIpc) is 2.90. The van der Waals surface area contributed by atoms with Gasteiger partial charge in [-0.2, -0.15) is 0 Å². The predicted octanol–water partition coefficient (Wildman–Crippen LogP) is 0.00350. The van der Waals surface area contributed by atoms with Crippen molar-refractivity contribution in [3.05, 3.63) is 30.0 Å². The van der Waals surface area contributed by atoms with Crippen LogP contribution in [0.4, 0.5) is 5.69 Å². The Kier molecular flexibility index (Phi) is 4.53. The summed E-state index contributed by atoms with van der Waals surface area (Å²) in [7, 11) is -3.69. The number of hydrogen-bond donors (Lipinski definition) is 3. The Morgan fingerprint density at radius 1 is 1.21 bits per heavy atom. The molecule has 0 saturated heterocycles. The van der Waals surface area contributed by atoms with Crippen LogP contribution in [0.5, 0.6) is 0 Å². The summed E-state index contributed by atoms with van der Waals surface area (Å²) in [5.74, 6) is -0.231. The van der Waals surface area contributed by atoms with E-state index in [2.05, 4.69) is 28.9 Å². The highest BCUT2D eigenvalue weighted by Crippen LogP contribution is 2.34. The fourth-order valence-electron chi connectivity index (χ4n) is 2.99. The molecule has 0 unspecified atom stereocenters. The highest BCUT2D eigenvalue weighted by Gasteiger charge is 2.27. The molecule has 0 radical (unpaired) electrons. The number of sulfonamides is 1. The number of carbonyl (C=O) groups excluding carboxylic acids is 1. The van der Waals surface area contributed by atoms with Gasteiger partial charge in [0.25, 0.3) is 5.91 Å². The van der Waals surface area contributed by atoms with Crippen LogP contribution in [0, 0.1) is 0 Å². The second-order valence-electron chi connectivity index (χ2n) is 5.75. The highest BCUT2D eigenvalue weighted by molar-refractivity contribution is 7.89. The zero-order valence-corrected chi connectivity index (χ0v) is 14.5. The SMILES string of the molecule is CC[NH+](CC)CCNS(=O)(=O)c1ccc2c3c(ccnc13)C(=O)N2. The van der Waals surface area contributed by atoms with Crippen LogP contribution in [0.15, 0.2) is 29.3 Å². The molecule has 3 rings (SSSR count). The Hall–Kier alpha value is -2.03. The number of benzene rings is 1. The van der Waals surface area contributed by atoms with Crippen LogP contribution in [-0.4, -0.2) is 45.5 Å². The Labute approximate surface area is 141 Å². The molecule has 1 aliphatic heterocycles. The Balaban J connectivity index is 1.92. The third-order valence-electron chi connectivity index (χ3n) is 4.41. The van der Waals surface area contributed by atoms with Crippen molar-refractivity contribution in [3.63, 3.8) is 0 Å². The van der Waals surface area contributed by atoms with Crippen molar-refractivity contribution in [1.82, 2.24) is 9.71 Å². The Bertz CT molecular complexity index is 892. The number of rotatable bonds is 7. The van der Waals surface area contributed by atoms with E-state index in [0.29, 0.717) is 28.7 Å². The van der Waals surface area contributed by atoms with Gasteiger partial charge < -0.3 is 10.2 Å². The van der Waals surface area contributed by atoms with Crippen LogP contribution >= 0.6 is 0 Å². The third-order valence-corrected chi connectivity index (χ3v) is 5.90. The van der Waals surface area contributed by atoms with Crippen LogP contribution in [0.3, 0.4) is 0 Å². The van der Waals surface area contributed by atoms with Gasteiger partial charge in [-0.25, -0.2) is 13.1 Å². The number of pyridine rings is 1. The summed E-state index contributed by atoms with van der Waals surface area (Å²) in [4.78, 5) is 17.5. The fourth-order valence-corrected chi connectivity index (χ4v) is 4.17. The summed E-state index contributed by atoms with van der Waals surface area (Å²) in [6.07, 6.45) is 1.46. The monoisotopic (exact) mass is 349 g/mol. The van der Waals surface area contributed by atoms with Crippen LogP contribution in [0.1, 0.15) is 24.2 Å². The van der Waals surface area contributed by atoms with E-state index < -0.39 is 10.0 Å². The molecule has 0 atom stereocenters. The number of anilines is 1. The van der Waals surface area contributed by atoms with E-state index in [1.54, 1.807) is 12.1 Å². The van der Waals surface area contributed by atoms with Crippen molar-refractivity contribution < 1.29 is 18.1 Å². The molecular formula is C16H21N4O3S+. The van der Waals surface area contributed by atoms with Gasteiger partial charge >= 0.3 is 0 Å². The largest absolute Gasteiger partial charge is 0.334 e. The quantitative estimate of drug-likeness (QED) is 0.656. The van der Waals surface area contributed by atoms with Crippen molar-refractivity contribution in [3.8, 4) is 0 Å². The lowest BCUT2D eigenvalue weighted by Gasteiger charge is -2.16. The van der Waals surface area contributed by atoms with Gasteiger partial charge in [-0.1, -0.05) is 0 Å². The number of quaternary nitrogens is 1. The molecule has 0 fully saturated rings. The molecule has 0 bridgehead atoms. The Morgan fingerprint density at radius 2 is 1.96 bits per heavy atom. The number of amides is 1. The van der Waals surface area contributed by atoms with E-state index in [1.807, 2.05) is 0 Å². The van der Waals surface area contributed by atoms with Crippen molar-refractivity contribution in [2.45, 2.75) is 18.7 Å². The molecule has 128 valence electrons.